The monoisotopic (exact) mass is 380 g/mol. The van der Waals surface area contributed by atoms with Crippen molar-refractivity contribution in [2.75, 3.05) is 20.3 Å². The highest BCUT2D eigenvalue weighted by molar-refractivity contribution is 7.89. The molecule has 0 aliphatic carbocycles. The fourth-order valence-electron chi connectivity index (χ4n) is 2.30. The minimum atomic E-state index is -3.77. The molecule has 0 radical (unpaired) electrons. The SMILES string of the molecule is COC(=O)[C@H](CO)NC(=O)CCNS(=O)(=O)c1ccc2ccccc2c1. The van der Waals surface area contributed by atoms with Gasteiger partial charge in [0.15, 0.2) is 6.04 Å². The lowest BCUT2D eigenvalue weighted by atomic mass is 10.1. The van der Waals surface area contributed by atoms with Gasteiger partial charge in [0, 0.05) is 13.0 Å². The molecule has 8 nitrogen and oxygen atoms in total. The number of methoxy groups -OCH3 is 1. The summed E-state index contributed by atoms with van der Waals surface area (Å²) in [5.41, 5.74) is 0. The van der Waals surface area contributed by atoms with E-state index in [4.69, 9.17) is 5.11 Å². The van der Waals surface area contributed by atoms with Crippen LogP contribution in [0.25, 0.3) is 10.8 Å². The summed E-state index contributed by atoms with van der Waals surface area (Å²) in [7, 11) is -2.64. The van der Waals surface area contributed by atoms with Crippen LogP contribution >= 0.6 is 0 Å². The molecule has 0 saturated heterocycles. The fraction of sp³-hybridized carbons (Fsp3) is 0.294. The Morgan fingerprint density at radius 3 is 2.50 bits per heavy atom. The molecular formula is C17H20N2O6S. The van der Waals surface area contributed by atoms with E-state index in [1.807, 2.05) is 24.3 Å². The lowest BCUT2D eigenvalue weighted by Crippen LogP contribution is -2.44. The quantitative estimate of drug-likeness (QED) is 0.561. The van der Waals surface area contributed by atoms with Crippen LogP contribution in [0.15, 0.2) is 47.4 Å². The first-order chi connectivity index (χ1) is 12.4. The molecule has 0 spiro atoms. The normalized spacial score (nSPS) is 12.5. The van der Waals surface area contributed by atoms with Crippen molar-refractivity contribution in [3.63, 3.8) is 0 Å². The summed E-state index contributed by atoms with van der Waals surface area (Å²) >= 11 is 0. The molecule has 26 heavy (non-hydrogen) atoms. The summed E-state index contributed by atoms with van der Waals surface area (Å²) < 4.78 is 31.4. The third-order valence-electron chi connectivity index (χ3n) is 3.68. The van der Waals surface area contributed by atoms with Crippen LogP contribution in [0, 0.1) is 0 Å². The summed E-state index contributed by atoms with van der Waals surface area (Å²) in [6.07, 6.45) is -0.194. The number of ether oxygens (including phenoxy) is 1. The lowest BCUT2D eigenvalue weighted by Gasteiger charge is -2.14. The van der Waals surface area contributed by atoms with Crippen molar-refractivity contribution in [2.45, 2.75) is 17.4 Å². The predicted octanol–water partition coefficient (Wildman–Crippen LogP) is 0.158. The van der Waals surface area contributed by atoms with E-state index in [0.29, 0.717) is 0 Å². The molecule has 1 amide bonds. The third-order valence-corrected chi connectivity index (χ3v) is 5.14. The molecule has 140 valence electrons. The van der Waals surface area contributed by atoms with Crippen LogP contribution in [0.2, 0.25) is 0 Å². The van der Waals surface area contributed by atoms with E-state index in [1.54, 1.807) is 12.1 Å². The molecule has 0 bridgehead atoms. The predicted molar refractivity (Wildman–Crippen MR) is 94.8 cm³/mol. The number of nitrogens with one attached hydrogen (secondary N) is 2. The Morgan fingerprint density at radius 1 is 1.15 bits per heavy atom. The first kappa shape index (κ1) is 19.8. The molecule has 0 aliphatic heterocycles. The minimum absolute atomic E-state index is 0.0967. The molecule has 0 saturated carbocycles. The number of carbonyl (C=O) groups excluding carboxylic acids is 2. The van der Waals surface area contributed by atoms with Crippen LogP contribution in [0.5, 0.6) is 0 Å². The number of hydrogen-bond donors (Lipinski definition) is 3. The molecule has 1 atom stereocenters. The number of esters is 1. The summed E-state index contributed by atoms with van der Waals surface area (Å²) in [5.74, 6) is -1.37. The van der Waals surface area contributed by atoms with Gasteiger partial charge in [-0.2, -0.15) is 0 Å². The van der Waals surface area contributed by atoms with Crippen LogP contribution in [0.4, 0.5) is 0 Å². The van der Waals surface area contributed by atoms with Crippen LogP contribution in [-0.4, -0.2) is 51.7 Å². The average molecular weight is 380 g/mol. The molecule has 0 fully saturated rings. The van der Waals surface area contributed by atoms with Gasteiger partial charge in [0.2, 0.25) is 15.9 Å². The van der Waals surface area contributed by atoms with Gasteiger partial charge in [-0.3, -0.25) is 4.79 Å². The second kappa shape index (κ2) is 8.75. The number of aliphatic hydroxyl groups is 1. The molecular weight excluding hydrogens is 360 g/mol. The second-order valence-electron chi connectivity index (χ2n) is 5.48. The Balaban J connectivity index is 1.94. The van der Waals surface area contributed by atoms with Gasteiger partial charge in [0.1, 0.15) is 0 Å². The highest BCUT2D eigenvalue weighted by Gasteiger charge is 2.21. The van der Waals surface area contributed by atoms with Gasteiger partial charge in [-0.25, -0.2) is 17.9 Å². The second-order valence-corrected chi connectivity index (χ2v) is 7.25. The minimum Gasteiger partial charge on any atom is -0.467 e. The third kappa shape index (κ3) is 5.01. The van der Waals surface area contributed by atoms with Gasteiger partial charge >= 0.3 is 5.97 Å². The summed E-state index contributed by atoms with van der Waals surface area (Å²) in [6.45, 7) is -0.762. The zero-order chi connectivity index (χ0) is 19.2. The van der Waals surface area contributed by atoms with E-state index in [9.17, 15) is 18.0 Å². The van der Waals surface area contributed by atoms with Gasteiger partial charge in [0.05, 0.1) is 18.6 Å². The van der Waals surface area contributed by atoms with Gasteiger partial charge in [-0.05, 0) is 22.9 Å². The largest absolute Gasteiger partial charge is 0.467 e. The van der Waals surface area contributed by atoms with E-state index in [-0.39, 0.29) is 17.9 Å². The number of carbonyl (C=O) groups is 2. The number of hydrogen-bond acceptors (Lipinski definition) is 6. The number of fused-ring (bicyclic) bond motifs is 1. The smallest absolute Gasteiger partial charge is 0.330 e. The number of rotatable bonds is 8. The van der Waals surface area contributed by atoms with Crippen molar-refractivity contribution >= 4 is 32.7 Å². The van der Waals surface area contributed by atoms with Crippen LogP contribution in [-0.2, 0) is 24.3 Å². The van der Waals surface area contributed by atoms with Crippen molar-refractivity contribution in [2.24, 2.45) is 0 Å². The zero-order valence-corrected chi connectivity index (χ0v) is 15.0. The van der Waals surface area contributed by atoms with Crippen molar-refractivity contribution in [3.05, 3.63) is 42.5 Å². The lowest BCUT2D eigenvalue weighted by molar-refractivity contribution is -0.146. The molecule has 0 heterocycles. The molecule has 2 aromatic carbocycles. The van der Waals surface area contributed by atoms with Crippen molar-refractivity contribution < 1.29 is 27.9 Å². The van der Waals surface area contributed by atoms with Gasteiger partial charge in [-0.1, -0.05) is 30.3 Å². The Hall–Kier alpha value is -2.49. The molecule has 9 heteroatoms. The summed E-state index contributed by atoms with van der Waals surface area (Å²) in [6, 6.07) is 10.9. The van der Waals surface area contributed by atoms with E-state index < -0.39 is 34.5 Å². The fourth-order valence-corrected chi connectivity index (χ4v) is 3.37. The molecule has 0 unspecified atom stereocenters. The van der Waals surface area contributed by atoms with Crippen LogP contribution in [0.3, 0.4) is 0 Å². The molecule has 2 aromatic rings. The maximum absolute atomic E-state index is 12.3. The standard InChI is InChI=1S/C17H20N2O6S/c1-25-17(22)15(11-20)19-16(21)8-9-18-26(23,24)14-7-6-12-4-2-3-5-13(12)10-14/h2-7,10,15,18,20H,8-9,11H2,1H3,(H,19,21)/t15-/m0/s1. The maximum atomic E-state index is 12.3. The van der Waals surface area contributed by atoms with Crippen LogP contribution < -0.4 is 10.0 Å². The molecule has 0 aliphatic rings. The molecule has 0 aromatic heterocycles. The first-order valence-corrected chi connectivity index (χ1v) is 9.32. The average Bonchev–Trinajstić information content (AvgIpc) is 2.64. The molecule has 3 N–H and O–H groups in total. The van der Waals surface area contributed by atoms with Crippen molar-refractivity contribution in [1.29, 1.82) is 0 Å². The number of amides is 1. The highest BCUT2D eigenvalue weighted by atomic mass is 32.2. The van der Waals surface area contributed by atoms with Crippen molar-refractivity contribution in [1.82, 2.24) is 10.0 Å². The topological polar surface area (TPSA) is 122 Å². The van der Waals surface area contributed by atoms with Crippen molar-refractivity contribution in [3.8, 4) is 0 Å². The Morgan fingerprint density at radius 2 is 1.85 bits per heavy atom. The van der Waals surface area contributed by atoms with Gasteiger partial charge in [-0.15, -0.1) is 0 Å². The zero-order valence-electron chi connectivity index (χ0n) is 14.1. The van der Waals surface area contributed by atoms with E-state index in [2.05, 4.69) is 14.8 Å². The van der Waals surface area contributed by atoms with E-state index in [1.165, 1.54) is 6.07 Å². The van der Waals surface area contributed by atoms with E-state index in [0.717, 1.165) is 17.9 Å². The molecule has 2 rings (SSSR count). The highest BCUT2D eigenvalue weighted by Crippen LogP contribution is 2.18. The Labute approximate surface area is 151 Å². The number of benzene rings is 2. The Kier molecular flexibility index (Phi) is 6.67. The Bertz CT molecular complexity index is 897. The summed E-state index contributed by atoms with van der Waals surface area (Å²) in [4.78, 5) is 23.2. The van der Waals surface area contributed by atoms with Gasteiger partial charge in [0.25, 0.3) is 0 Å². The van der Waals surface area contributed by atoms with Crippen LogP contribution in [0.1, 0.15) is 6.42 Å². The number of sulfonamides is 1. The first-order valence-electron chi connectivity index (χ1n) is 7.84. The van der Waals surface area contributed by atoms with Gasteiger partial charge < -0.3 is 15.2 Å². The number of aliphatic hydroxyl groups excluding tert-OH is 1. The van der Waals surface area contributed by atoms with E-state index >= 15 is 0 Å². The maximum Gasteiger partial charge on any atom is 0.330 e. The summed E-state index contributed by atoms with van der Waals surface area (Å²) in [5, 5.41) is 13.0.